The van der Waals surface area contributed by atoms with E-state index in [9.17, 15) is 0 Å². The lowest BCUT2D eigenvalue weighted by atomic mass is 9.84. The number of hydrogen-bond donors (Lipinski definition) is 1. The van der Waals surface area contributed by atoms with Crippen LogP contribution in [0.25, 0.3) is 0 Å². The summed E-state index contributed by atoms with van der Waals surface area (Å²) in [5.74, 6) is 0.436. The molecule has 86 valence electrons. The van der Waals surface area contributed by atoms with Gasteiger partial charge in [-0.15, -0.1) is 0 Å². The number of piperidine rings is 1. The molecule has 2 aliphatic rings. The Morgan fingerprint density at radius 1 is 1.44 bits per heavy atom. The molecule has 1 N–H and O–H groups in total. The second-order valence-corrected chi connectivity index (χ2v) is 5.63. The maximum absolute atomic E-state index is 6.22. The Morgan fingerprint density at radius 3 is 3.19 bits per heavy atom. The van der Waals surface area contributed by atoms with Gasteiger partial charge in [0.2, 0.25) is 0 Å². The molecule has 4 heteroatoms. The summed E-state index contributed by atoms with van der Waals surface area (Å²) in [6.45, 7) is 2.68. The minimum atomic E-state index is 0.350. The highest BCUT2D eigenvalue weighted by atomic mass is 79.9. The molecule has 0 saturated carbocycles. The maximum Gasteiger partial charge on any atom is 0.0738 e. The van der Waals surface area contributed by atoms with Gasteiger partial charge in [-0.25, -0.2) is 0 Å². The van der Waals surface area contributed by atoms with Crippen molar-refractivity contribution in [2.75, 3.05) is 13.1 Å². The van der Waals surface area contributed by atoms with Crippen LogP contribution in [0.4, 0.5) is 0 Å². The summed E-state index contributed by atoms with van der Waals surface area (Å²) in [6.07, 6.45) is 1.44. The van der Waals surface area contributed by atoms with Gasteiger partial charge >= 0.3 is 0 Å². The van der Waals surface area contributed by atoms with Crippen molar-refractivity contribution in [3.63, 3.8) is 0 Å². The molecule has 3 rings (SSSR count). The molecule has 1 aromatic rings. The van der Waals surface area contributed by atoms with E-state index in [0.29, 0.717) is 18.6 Å². The highest BCUT2D eigenvalue weighted by Gasteiger charge is 2.34. The standard InChI is InChI=1S/C12H13BrClNO/c13-9-1-2-10(14)8-6-16-11-3-4-15-5-7(11)12(8)9/h1-2,7,11,15H,3-6H2/t7-,11-/m0/s1. The lowest BCUT2D eigenvalue weighted by molar-refractivity contribution is -0.00702. The molecular weight excluding hydrogens is 289 g/mol. The van der Waals surface area contributed by atoms with Gasteiger partial charge in [-0.3, -0.25) is 0 Å². The summed E-state index contributed by atoms with van der Waals surface area (Å²) in [6, 6.07) is 3.97. The third kappa shape index (κ3) is 1.70. The lowest BCUT2D eigenvalue weighted by Gasteiger charge is -2.38. The van der Waals surface area contributed by atoms with Gasteiger partial charge in [0, 0.05) is 27.5 Å². The normalized spacial score (nSPS) is 28.4. The highest BCUT2D eigenvalue weighted by Crippen LogP contribution is 2.41. The van der Waals surface area contributed by atoms with E-state index in [1.54, 1.807) is 0 Å². The molecule has 0 amide bonds. The fourth-order valence-electron chi connectivity index (χ4n) is 2.67. The van der Waals surface area contributed by atoms with Crippen LogP contribution in [0.1, 0.15) is 23.5 Å². The second kappa shape index (κ2) is 4.30. The van der Waals surface area contributed by atoms with Crippen LogP contribution < -0.4 is 5.32 Å². The van der Waals surface area contributed by atoms with Crippen LogP contribution in [0.5, 0.6) is 0 Å². The first-order valence-electron chi connectivity index (χ1n) is 5.56. The predicted octanol–water partition coefficient (Wildman–Crippen LogP) is 3.08. The van der Waals surface area contributed by atoms with E-state index in [1.165, 1.54) is 5.56 Å². The summed E-state index contributed by atoms with van der Waals surface area (Å²) >= 11 is 9.86. The average Bonchev–Trinajstić information content (AvgIpc) is 2.33. The predicted molar refractivity (Wildman–Crippen MR) is 68.0 cm³/mol. The summed E-state index contributed by atoms with van der Waals surface area (Å²) in [4.78, 5) is 0. The Balaban J connectivity index is 2.10. The van der Waals surface area contributed by atoms with E-state index in [-0.39, 0.29) is 0 Å². The van der Waals surface area contributed by atoms with Gasteiger partial charge < -0.3 is 10.1 Å². The third-order valence-corrected chi connectivity index (χ3v) is 4.52. The van der Waals surface area contributed by atoms with Gasteiger partial charge in [0.15, 0.2) is 0 Å². The van der Waals surface area contributed by atoms with Crippen LogP contribution >= 0.6 is 27.5 Å². The Morgan fingerprint density at radius 2 is 2.31 bits per heavy atom. The summed E-state index contributed by atoms with van der Waals surface area (Å²) in [7, 11) is 0. The van der Waals surface area contributed by atoms with Crippen molar-refractivity contribution >= 4 is 27.5 Å². The van der Waals surface area contributed by atoms with Crippen molar-refractivity contribution < 1.29 is 4.74 Å². The fraction of sp³-hybridized carbons (Fsp3) is 0.500. The Labute approximate surface area is 108 Å². The SMILES string of the molecule is Clc1ccc(Br)c2c1CO[C@H]1CCNC[C@H]21. The first kappa shape index (κ1) is 11.0. The number of nitrogens with one attached hydrogen (secondary N) is 1. The molecule has 0 bridgehead atoms. The smallest absolute Gasteiger partial charge is 0.0738 e. The molecule has 0 aliphatic carbocycles. The highest BCUT2D eigenvalue weighted by molar-refractivity contribution is 9.10. The molecule has 2 atom stereocenters. The van der Waals surface area contributed by atoms with Crippen molar-refractivity contribution in [1.82, 2.24) is 5.32 Å². The first-order valence-corrected chi connectivity index (χ1v) is 6.73. The van der Waals surface area contributed by atoms with Crippen LogP contribution in [0, 0.1) is 0 Å². The molecule has 0 unspecified atom stereocenters. The summed E-state index contributed by atoms with van der Waals surface area (Å²) < 4.78 is 7.06. The zero-order chi connectivity index (χ0) is 11.1. The molecule has 2 aliphatic heterocycles. The monoisotopic (exact) mass is 301 g/mol. The zero-order valence-corrected chi connectivity index (χ0v) is 11.1. The Kier molecular flexibility index (Phi) is 2.96. The quantitative estimate of drug-likeness (QED) is 0.795. The minimum absolute atomic E-state index is 0.350. The van der Waals surface area contributed by atoms with Gasteiger partial charge in [0.1, 0.15) is 0 Å². The van der Waals surface area contributed by atoms with Crippen molar-refractivity contribution in [2.45, 2.75) is 25.0 Å². The van der Waals surface area contributed by atoms with Gasteiger partial charge in [-0.2, -0.15) is 0 Å². The van der Waals surface area contributed by atoms with Gasteiger partial charge in [0.05, 0.1) is 12.7 Å². The third-order valence-electron chi connectivity index (χ3n) is 3.48. The molecule has 0 spiro atoms. The molecule has 16 heavy (non-hydrogen) atoms. The average molecular weight is 303 g/mol. The molecule has 2 nitrogen and oxygen atoms in total. The minimum Gasteiger partial charge on any atom is -0.373 e. The number of hydrogen-bond acceptors (Lipinski definition) is 2. The molecule has 0 radical (unpaired) electrons. The molecule has 1 fully saturated rings. The largest absolute Gasteiger partial charge is 0.373 e. The fourth-order valence-corrected chi connectivity index (χ4v) is 3.55. The van der Waals surface area contributed by atoms with E-state index in [2.05, 4.69) is 21.2 Å². The van der Waals surface area contributed by atoms with Crippen molar-refractivity contribution in [3.05, 3.63) is 32.8 Å². The van der Waals surface area contributed by atoms with E-state index in [0.717, 1.165) is 34.6 Å². The van der Waals surface area contributed by atoms with E-state index >= 15 is 0 Å². The number of ether oxygens (including phenoxy) is 1. The molecule has 0 aromatic heterocycles. The van der Waals surface area contributed by atoms with E-state index in [1.807, 2.05) is 12.1 Å². The molecule has 2 heterocycles. The van der Waals surface area contributed by atoms with Crippen LogP contribution in [0.3, 0.4) is 0 Å². The summed E-state index contributed by atoms with van der Waals surface area (Å²) in [5, 5.41) is 4.25. The van der Waals surface area contributed by atoms with Gasteiger partial charge in [-0.1, -0.05) is 27.5 Å². The van der Waals surface area contributed by atoms with Crippen LogP contribution in [0.2, 0.25) is 5.02 Å². The van der Waals surface area contributed by atoms with Crippen molar-refractivity contribution in [3.8, 4) is 0 Å². The zero-order valence-electron chi connectivity index (χ0n) is 8.80. The number of benzene rings is 1. The van der Waals surface area contributed by atoms with Crippen LogP contribution in [-0.4, -0.2) is 19.2 Å². The van der Waals surface area contributed by atoms with Crippen molar-refractivity contribution in [2.24, 2.45) is 0 Å². The first-order chi connectivity index (χ1) is 7.77. The van der Waals surface area contributed by atoms with Gasteiger partial charge in [-0.05, 0) is 30.7 Å². The maximum atomic E-state index is 6.22. The Bertz CT molecular complexity index is 424. The van der Waals surface area contributed by atoms with E-state index in [4.69, 9.17) is 16.3 Å². The number of rotatable bonds is 0. The lowest BCUT2D eigenvalue weighted by Crippen LogP contribution is -2.42. The van der Waals surface area contributed by atoms with Gasteiger partial charge in [0.25, 0.3) is 0 Å². The molecule has 1 aromatic carbocycles. The molecule has 1 saturated heterocycles. The van der Waals surface area contributed by atoms with Crippen LogP contribution in [-0.2, 0) is 11.3 Å². The topological polar surface area (TPSA) is 21.3 Å². The van der Waals surface area contributed by atoms with Crippen molar-refractivity contribution in [1.29, 1.82) is 0 Å². The number of halogens is 2. The van der Waals surface area contributed by atoms with Crippen LogP contribution in [0.15, 0.2) is 16.6 Å². The Hall–Kier alpha value is -0.0900. The summed E-state index contributed by atoms with van der Waals surface area (Å²) in [5.41, 5.74) is 2.50. The van der Waals surface area contributed by atoms with E-state index < -0.39 is 0 Å². The molecular formula is C12H13BrClNO. The number of fused-ring (bicyclic) bond motifs is 3. The second-order valence-electron chi connectivity index (χ2n) is 4.37.